The Bertz CT molecular complexity index is 290. The number of ether oxygens (including phenoxy) is 1. The van der Waals surface area contributed by atoms with Crippen molar-refractivity contribution in [1.82, 2.24) is 15.1 Å². The van der Waals surface area contributed by atoms with Gasteiger partial charge in [0.05, 0.1) is 13.2 Å². The van der Waals surface area contributed by atoms with E-state index < -0.39 is 0 Å². The second kappa shape index (κ2) is 7.22. The first-order chi connectivity index (χ1) is 9.16. The van der Waals surface area contributed by atoms with E-state index in [4.69, 9.17) is 4.74 Å². The summed E-state index contributed by atoms with van der Waals surface area (Å²) in [6.45, 7) is 5.99. The number of carbonyl (C=O) groups is 1. The van der Waals surface area contributed by atoms with Gasteiger partial charge in [0.15, 0.2) is 0 Å². The van der Waals surface area contributed by atoms with Gasteiger partial charge in [0, 0.05) is 31.5 Å². The van der Waals surface area contributed by atoms with Gasteiger partial charge < -0.3 is 19.9 Å². The Morgan fingerprint density at radius 3 is 2.79 bits per heavy atom. The van der Waals surface area contributed by atoms with Crippen molar-refractivity contribution in [3.63, 3.8) is 0 Å². The van der Waals surface area contributed by atoms with Gasteiger partial charge in [0.2, 0.25) is 5.91 Å². The van der Waals surface area contributed by atoms with Crippen molar-refractivity contribution in [3.05, 3.63) is 0 Å². The monoisotopic (exact) mass is 269 g/mol. The average molecular weight is 269 g/mol. The van der Waals surface area contributed by atoms with Crippen LogP contribution in [0.15, 0.2) is 0 Å². The van der Waals surface area contributed by atoms with Crippen LogP contribution in [-0.4, -0.2) is 75.7 Å². The molecule has 2 aliphatic rings. The average Bonchev–Trinajstić information content (AvgIpc) is 2.64. The number of nitrogens with zero attached hydrogens (tertiary/aromatic N) is 2. The molecule has 2 rings (SSSR count). The molecule has 1 amide bonds. The van der Waals surface area contributed by atoms with Crippen molar-refractivity contribution in [2.24, 2.45) is 11.8 Å². The van der Waals surface area contributed by atoms with E-state index in [1.165, 1.54) is 0 Å². The minimum Gasteiger partial charge on any atom is -0.379 e. The van der Waals surface area contributed by atoms with E-state index in [0.29, 0.717) is 18.4 Å². The van der Waals surface area contributed by atoms with Gasteiger partial charge in [-0.3, -0.25) is 4.79 Å². The Hall–Kier alpha value is -0.650. The highest BCUT2D eigenvalue weighted by molar-refractivity contribution is 5.79. The van der Waals surface area contributed by atoms with Gasteiger partial charge in [-0.1, -0.05) is 0 Å². The van der Waals surface area contributed by atoms with Gasteiger partial charge in [0.25, 0.3) is 0 Å². The fraction of sp³-hybridized carbons (Fsp3) is 0.929. The minimum atomic E-state index is 0.222. The zero-order chi connectivity index (χ0) is 13.7. The summed E-state index contributed by atoms with van der Waals surface area (Å²) in [5, 5.41) is 3.32. The predicted molar refractivity (Wildman–Crippen MR) is 75.0 cm³/mol. The van der Waals surface area contributed by atoms with Crippen LogP contribution in [-0.2, 0) is 9.53 Å². The summed E-state index contributed by atoms with van der Waals surface area (Å²) in [7, 11) is 4.15. The molecule has 0 aromatic rings. The summed E-state index contributed by atoms with van der Waals surface area (Å²) in [4.78, 5) is 16.8. The zero-order valence-electron chi connectivity index (χ0n) is 12.2. The standard InChI is InChI=1S/C14H27N3O2/c1-16(2)9-12-10-17(7-8-19-11-12)14(18)13-3-5-15-6-4-13/h12-13,15H,3-11H2,1-2H3. The molecule has 1 unspecified atom stereocenters. The third-order valence-corrected chi connectivity index (χ3v) is 3.96. The van der Waals surface area contributed by atoms with Crippen LogP contribution >= 0.6 is 0 Å². The normalized spacial score (nSPS) is 26.5. The second-order valence-electron chi connectivity index (χ2n) is 6.01. The Labute approximate surface area is 116 Å². The molecule has 0 spiro atoms. The number of piperidine rings is 1. The predicted octanol–water partition coefficient (Wildman–Crippen LogP) is 0.0226. The van der Waals surface area contributed by atoms with Crippen LogP contribution in [0, 0.1) is 11.8 Å². The zero-order valence-corrected chi connectivity index (χ0v) is 12.2. The fourth-order valence-electron chi connectivity index (χ4n) is 3.03. The summed E-state index contributed by atoms with van der Waals surface area (Å²) < 4.78 is 5.64. The second-order valence-corrected chi connectivity index (χ2v) is 6.01. The molecule has 5 nitrogen and oxygen atoms in total. The van der Waals surface area contributed by atoms with E-state index in [9.17, 15) is 4.79 Å². The molecule has 0 saturated carbocycles. The summed E-state index contributed by atoms with van der Waals surface area (Å²) in [5.74, 6) is 0.998. The Morgan fingerprint density at radius 1 is 1.37 bits per heavy atom. The van der Waals surface area contributed by atoms with Gasteiger partial charge >= 0.3 is 0 Å². The van der Waals surface area contributed by atoms with Crippen LogP contribution < -0.4 is 5.32 Å². The van der Waals surface area contributed by atoms with Crippen LogP contribution in [0.5, 0.6) is 0 Å². The highest BCUT2D eigenvalue weighted by Crippen LogP contribution is 2.17. The molecular formula is C14H27N3O2. The quantitative estimate of drug-likeness (QED) is 0.785. The van der Waals surface area contributed by atoms with Crippen LogP contribution in [0.25, 0.3) is 0 Å². The van der Waals surface area contributed by atoms with Crippen molar-refractivity contribution in [3.8, 4) is 0 Å². The highest BCUT2D eigenvalue weighted by atomic mass is 16.5. The van der Waals surface area contributed by atoms with Crippen molar-refractivity contribution in [2.45, 2.75) is 12.8 Å². The molecule has 5 heteroatoms. The fourth-order valence-corrected chi connectivity index (χ4v) is 3.03. The Kier molecular flexibility index (Phi) is 5.60. The van der Waals surface area contributed by atoms with E-state index in [-0.39, 0.29) is 5.92 Å². The molecule has 1 atom stereocenters. The molecular weight excluding hydrogens is 242 g/mol. The lowest BCUT2D eigenvalue weighted by Gasteiger charge is -2.30. The molecule has 0 aromatic carbocycles. The smallest absolute Gasteiger partial charge is 0.225 e. The van der Waals surface area contributed by atoms with Gasteiger partial charge in [-0.15, -0.1) is 0 Å². The van der Waals surface area contributed by atoms with E-state index in [0.717, 1.165) is 52.2 Å². The van der Waals surface area contributed by atoms with Crippen LogP contribution in [0.2, 0.25) is 0 Å². The lowest BCUT2D eigenvalue weighted by atomic mass is 9.96. The van der Waals surface area contributed by atoms with Crippen molar-refractivity contribution >= 4 is 5.91 Å². The maximum absolute atomic E-state index is 12.6. The molecule has 2 fully saturated rings. The van der Waals surface area contributed by atoms with Gasteiger partial charge in [-0.05, 0) is 40.0 Å². The molecule has 0 aromatic heterocycles. The highest BCUT2D eigenvalue weighted by Gasteiger charge is 2.29. The first kappa shape index (κ1) is 14.8. The van der Waals surface area contributed by atoms with Crippen molar-refractivity contribution < 1.29 is 9.53 Å². The lowest BCUT2D eigenvalue weighted by Crippen LogP contribution is -2.44. The third kappa shape index (κ3) is 4.44. The van der Waals surface area contributed by atoms with E-state index >= 15 is 0 Å². The van der Waals surface area contributed by atoms with E-state index in [1.807, 2.05) is 4.90 Å². The summed E-state index contributed by atoms with van der Waals surface area (Å²) in [6, 6.07) is 0. The van der Waals surface area contributed by atoms with Crippen molar-refractivity contribution in [1.29, 1.82) is 0 Å². The van der Waals surface area contributed by atoms with Gasteiger partial charge in [-0.25, -0.2) is 0 Å². The summed E-state index contributed by atoms with van der Waals surface area (Å²) >= 11 is 0. The van der Waals surface area contributed by atoms with E-state index in [1.54, 1.807) is 0 Å². The molecule has 19 heavy (non-hydrogen) atoms. The number of rotatable bonds is 3. The topological polar surface area (TPSA) is 44.8 Å². The van der Waals surface area contributed by atoms with Gasteiger partial charge in [-0.2, -0.15) is 0 Å². The number of nitrogens with one attached hydrogen (secondary N) is 1. The lowest BCUT2D eigenvalue weighted by molar-refractivity contribution is -0.136. The maximum atomic E-state index is 12.6. The third-order valence-electron chi connectivity index (χ3n) is 3.96. The molecule has 1 N–H and O–H groups in total. The molecule has 2 saturated heterocycles. The molecule has 0 radical (unpaired) electrons. The number of hydrogen-bond acceptors (Lipinski definition) is 4. The van der Waals surface area contributed by atoms with Crippen LogP contribution in [0.4, 0.5) is 0 Å². The molecule has 0 bridgehead atoms. The molecule has 0 aliphatic carbocycles. The minimum absolute atomic E-state index is 0.222. The Balaban J connectivity index is 1.91. The number of amides is 1. The SMILES string of the molecule is CN(C)CC1COCCN(C(=O)C2CCNCC2)C1. The maximum Gasteiger partial charge on any atom is 0.225 e. The van der Waals surface area contributed by atoms with Crippen molar-refractivity contribution in [2.75, 3.05) is 60.0 Å². The van der Waals surface area contributed by atoms with E-state index in [2.05, 4.69) is 24.3 Å². The molecule has 110 valence electrons. The number of carbonyl (C=O) groups excluding carboxylic acids is 1. The van der Waals surface area contributed by atoms with Crippen LogP contribution in [0.3, 0.4) is 0 Å². The Morgan fingerprint density at radius 2 is 2.11 bits per heavy atom. The molecule has 2 aliphatic heterocycles. The largest absolute Gasteiger partial charge is 0.379 e. The number of hydrogen-bond donors (Lipinski definition) is 1. The first-order valence-electron chi connectivity index (χ1n) is 7.39. The van der Waals surface area contributed by atoms with Gasteiger partial charge in [0.1, 0.15) is 0 Å². The summed E-state index contributed by atoms with van der Waals surface area (Å²) in [5.41, 5.74) is 0. The first-order valence-corrected chi connectivity index (χ1v) is 7.39. The van der Waals surface area contributed by atoms with Crippen LogP contribution in [0.1, 0.15) is 12.8 Å². The summed E-state index contributed by atoms with van der Waals surface area (Å²) in [6.07, 6.45) is 1.96. The molecule has 2 heterocycles.